The number of carbonyl (C=O) groups is 1. The molecular weight excluding hydrogens is 486 g/mol. The fraction of sp³-hybridized carbons (Fsp3) is 0.267. The van der Waals surface area contributed by atoms with Gasteiger partial charge in [-0.1, -0.05) is 25.1 Å². The lowest BCUT2D eigenvalue weighted by atomic mass is 10.1. The number of fused-ring (bicyclic) bond motifs is 3. The maximum atomic E-state index is 13.5. The third-order valence-corrected chi connectivity index (χ3v) is 6.36. The molecular formula is C30H29NO7. The van der Waals surface area contributed by atoms with E-state index >= 15 is 0 Å². The SMILES string of the molecule is CCCOC(=O)c1ccc(Oc2c(C)oc3c4c(ccc3c2=O)OCN(Cc2ccccc2OC)C4)cc1. The molecule has 8 heteroatoms. The number of rotatable bonds is 8. The largest absolute Gasteiger partial charge is 0.496 e. The smallest absolute Gasteiger partial charge is 0.338 e. The Hall–Kier alpha value is -4.30. The number of aryl methyl sites for hydroxylation is 1. The van der Waals surface area contributed by atoms with Gasteiger partial charge in [-0.15, -0.1) is 0 Å². The van der Waals surface area contributed by atoms with Crippen molar-refractivity contribution in [2.45, 2.75) is 33.4 Å². The standard InChI is InChI=1S/C30H29NO7/c1-4-15-35-30(33)20-9-11-22(12-10-20)38-28-19(2)37-29-23(27(28)32)13-14-26-24(29)17-31(18-36-26)16-21-7-5-6-8-25(21)34-3/h5-14H,4,15-18H2,1-3H3. The summed E-state index contributed by atoms with van der Waals surface area (Å²) < 4.78 is 28.7. The van der Waals surface area contributed by atoms with Crippen LogP contribution in [0.4, 0.5) is 0 Å². The highest BCUT2D eigenvalue weighted by molar-refractivity contribution is 5.89. The monoisotopic (exact) mass is 515 g/mol. The predicted molar refractivity (Wildman–Crippen MR) is 142 cm³/mol. The van der Waals surface area contributed by atoms with E-state index in [1.165, 1.54) is 0 Å². The van der Waals surface area contributed by atoms with Crippen molar-refractivity contribution in [1.29, 1.82) is 0 Å². The first-order chi connectivity index (χ1) is 18.5. The van der Waals surface area contributed by atoms with Gasteiger partial charge in [0, 0.05) is 18.7 Å². The third-order valence-electron chi connectivity index (χ3n) is 6.36. The van der Waals surface area contributed by atoms with Gasteiger partial charge in [-0.25, -0.2) is 4.79 Å². The van der Waals surface area contributed by atoms with Gasteiger partial charge in [0.25, 0.3) is 0 Å². The maximum Gasteiger partial charge on any atom is 0.338 e. The molecule has 0 spiro atoms. The molecule has 0 unspecified atom stereocenters. The van der Waals surface area contributed by atoms with E-state index in [-0.39, 0.29) is 11.2 Å². The second kappa shape index (κ2) is 11.0. The van der Waals surface area contributed by atoms with E-state index in [2.05, 4.69) is 4.90 Å². The van der Waals surface area contributed by atoms with Gasteiger partial charge < -0.3 is 23.4 Å². The van der Waals surface area contributed by atoms with Gasteiger partial charge in [-0.2, -0.15) is 0 Å². The van der Waals surface area contributed by atoms with Crippen LogP contribution in [0.5, 0.6) is 23.0 Å². The third kappa shape index (κ3) is 5.08. The summed E-state index contributed by atoms with van der Waals surface area (Å²) in [6.07, 6.45) is 0.749. The molecule has 0 amide bonds. The first kappa shape index (κ1) is 25.4. The summed E-state index contributed by atoms with van der Waals surface area (Å²) in [4.78, 5) is 27.6. The van der Waals surface area contributed by atoms with Crippen molar-refractivity contribution in [3.63, 3.8) is 0 Å². The van der Waals surface area contributed by atoms with Gasteiger partial charge in [-0.3, -0.25) is 9.69 Å². The Labute approximate surface area is 220 Å². The number of hydrogen-bond acceptors (Lipinski definition) is 8. The minimum Gasteiger partial charge on any atom is -0.496 e. The van der Waals surface area contributed by atoms with Crippen molar-refractivity contribution in [2.75, 3.05) is 20.4 Å². The predicted octanol–water partition coefficient (Wildman–Crippen LogP) is 5.82. The Bertz CT molecular complexity index is 1520. The molecule has 1 aromatic heterocycles. The molecule has 0 saturated heterocycles. The second-order valence-corrected chi connectivity index (χ2v) is 9.07. The summed E-state index contributed by atoms with van der Waals surface area (Å²) >= 11 is 0. The highest BCUT2D eigenvalue weighted by atomic mass is 16.5. The molecule has 0 saturated carbocycles. The van der Waals surface area contributed by atoms with Gasteiger partial charge in [0.05, 0.1) is 30.2 Å². The van der Waals surface area contributed by atoms with Crippen LogP contribution in [0.1, 0.15) is 40.6 Å². The van der Waals surface area contributed by atoms with Crippen LogP contribution in [-0.4, -0.2) is 31.3 Å². The lowest BCUT2D eigenvalue weighted by Gasteiger charge is -2.29. The molecule has 8 nitrogen and oxygen atoms in total. The van der Waals surface area contributed by atoms with Crippen molar-refractivity contribution >= 4 is 16.9 Å². The normalized spacial score (nSPS) is 13.0. The van der Waals surface area contributed by atoms with Crippen LogP contribution >= 0.6 is 0 Å². The van der Waals surface area contributed by atoms with Crippen molar-refractivity contribution in [2.24, 2.45) is 0 Å². The summed E-state index contributed by atoms with van der Waals surface area (Å²) in [6.45, 7) is 5.56. The molecule has 196 valence electrons. The summed E-state index contributed by atoms with van der Waals surface area (Å²) in [7, 11) is 1.65. The summed E-state index contributed by atoms with van der Waals surface area (Å²) in [5.41, 5.74) is 2.47. The molecule has 1 aliphatic heterocycles. The van der Waals surface area contributed by atoms with E-state index < -0.39 is 5.97 Å². The average Bonchev–Trinajstić information content (AvgIpc) is 2.94. The molecule has 0 bridgehead atoms. The number of para-hydroxylation sites is 1. The van der Waals surface area contributed by atoms with Crippen LogP contribution in [-0.2, 0) is 17.8 Å². The minimum atomic E-state index is -0.397. The van der Waals surface area contributed by atoms with E-state index in [1.807, 2.05) is 31.2 Å². The van der Waals surface area contributed by atoms with Gasteiger partial charge in [0.2, 0.25) is 11.2 Å². The zero-order valence-electron chi connectivity index (χ0n) is 21.6. The molecule has 5 rings (SSSR count). The van der Waals surface area contributed by atoms with Crippen LogP contribution in [0.25, 0.3) is 11.0 Å². The van der Waals surface area contributed by atoms with E-state index in [0.717, 1.165) is 23.3 Å². The minimum absolute atomic E-state index is 0.0985. The van der Waals surface area contributed by atoms with Gasteiger partial charge in [0.1, 0.15) is 35.3 Å². The van der Waals surface area contributed by atoms with Gasteiger partial charge in [0.15, 0.2) is 0 Å². The molecule has 3 aromatic carbocycles. The van der Waals surface area contributed by atoms with E-state index in [0.29, 0.717) is 60.2 Å². The van der Waals surface area contributed by atoms with E-state index in [9.17, 15) is 9.59 Å². The Morgan fingerprint density at radius 1 is 1.05 bits per heavy atom. The van der Waals surface area contributed by atoms with E-state index in [1.54, 1.807) is 50.4 Å². The Balaban J connectivity index is 1.41. The first-order valence-corrected chi connectivity index (χ1v) is 12.5. The van der Waals surface area contributed by atoms with Gasteiger partial charge in [-0.05, 0) is 55.8 Å². The van der Waals surface area contributed by atoms with Crippen LogP contribution in [0.3, 0.4) is 0 Å². The molecule has 0 fully saturated rings. The highest BCUT2D eigenvalue weighted by Gasteiger charge is 2.25. The Morgan fingerprint density at radius 2 is 1.84 bits per heavy atom. The number of carbonyl (C=O) groups excluding carboxylic acids is 1. The van der Waals surface area contributed by atoms with Crippen molar-refractivity contribution in [1.82, 2.24) is 4.90 Å². The number of esters is 1. The van der Waals surface area contributed by atoms with Crippen LogP contribution in [0.15, 0.2) is 69.9 Å². The lowest BCUT2D eigenvalue weighted by molar-refractivity contribution is 0.0505. The number of hydrogen-bond donors (Lipinski definition) is 0. The fourth-order valence-corrected chi connectivity index (χ4v) is 4.45. The first-order valence-electron chi connectivity index (χ1n) is 12.5. The van der Waals surface area contributed by atoms with Crippen molar-refractivity contribution in [3.8, 4) is 23.0 Å². The quantitative estimate of drug-likeness (QED) is 0.271. The Kier molecular flexibility index (Phi) is 7.33. The highest BCUT2D eigenvalue weighted by Crippen LogP contribution is 2.35. The molecule has 38 heavy (non-hydrogen) atoms. The molecule has 2 heterocycles. The van der Waals surface area contributed by atoms with Crippen molar-refractivity contribution in [3.05, 3.63) is 93.3 Å². The Morgan fingerprint density at radius 3 is 2.61 bits per heavy atom. The zero-order valence-corrected chi connectivity index (χ0v) is 21.6. The molecule has 0 aliphatic carbocycles. The number of benzene rings is 3. The maximum absolute atomic E-state index is 13.5. The lowest BCUT2D eigenvalue weighted by Crippen LogP contribution is -2.32. The molecule has 0 N–H and O–H groups in total. The number of methoxy groups -OCH3 is 1. The van der Waals surface area contributed by atoms with E-state index in [4.69, 9.17) is 23.4 Å². The molecule has 4 aromatic rings. The molecule has 0 atom stereocenters. The molecule has 0 radical (unpaired) electrons. The van der Waals surface area contributed by atoms with Gasteiger partial charge >= 0.3 is 5.97 Å². The summed E-state index contributed by atoms with van der Waals surface area (Å²) in [5, 5.41) is 0.409. The molecule has 1 aliphatic rings. The van der Waals surface area contributed by atoms with Crippen LogP contribution in [0.2, 0.25) is 0 Å². The zero-order chi connectivity index (χ0) is 26.6. The van der Waals surface area contributed by atoms with Crippen LogP contribution in [0, 0.1) is 6.92 Å². The van der Waals surface area contributed by atoms with Crippen molar-refractivity contribution < 1.29 is 28.2 Å². The summed E-state index contributed by atoms with van der Waals surface area (Å²) in [6, 6.07) is 17.8. The average molecular weight is 516 g/mol. The fourth-order valence-electron chi connectivity index (χ4n) is 4.45. The number of nitrogens with zero attached hydrogens (tertiary/aromatic N) is 1. The number of ether oxygens (including phenoxy) is 4. The summed E-state index contributed by atoms with van der Waals surface area (Å²) in [5.74, 6) is 1.97. The van der Waals surface area contributed by atoms with Crippen LogP contribution < -0.4 is 19.6 Å². The second-order valence-electron chi connectivity index (χ2n) is 9.07. The topological polar surface area (TPSA) is 87.4 Å².